The molecule has 286 valence electrons. The van der Waals surface area contributed by atoms with Crippen molar-refractivity contribution < 1.29 is 32.3 Å². The van der Waals surface area contributed by atoms with Gasteiger partial charge >= 0.3 is 11.9 Å². The van der Waals surface area contributed by atoms with E-state index in [2.05, 4.69) is 26.6 Å². The van der Waals surface area contributed by atoms with Gasteiger partial charge in [-0.1, -0.05) is 24.3 Å². The van der Waals surface area contributed by atoms with E-state index in [9.17, 15) is 32.3 Å². The largest absolute Gasteiger partial charge is 0.494 e. The van der Waals surface area contributed by atoms with Crippen LogP contribution in [0.5, 0.6) is 5.75 Å². The number of pyridine rings is 1. The van der Waals surface area contributed by atoms with E-state index < -0.39 is 29.7 Å². The Kier molecular flexibility index (Phi) is 9.31. The predicted molar refractivity (Wildman–Crippen MR) is 197 cm³/mol. The Morgan fingerprint density at radius 3 is 2.56 bits per heavy atom. The standard InChI is InChI=1S/C39H39F3N8O5/c1-47-35-26(5-3-7-30(35)50(38(47)54)31-13-14-34(51)45-37(31)53)23-15-16-48(20-23)19-22-9-11-25(12-10-22)49-21-24-17-29(32(55-2)18-28(24)46-49)44-36(52)27-6-4-8-33(43-27)39(40,41)42/h3-8,15,17-18,21-22,25,31H,9-14,16,19-20H2,1-2H3,(H,44,52)(H,45,51,53). The van der Waals surface area contributed by atoms with E-state index in [0.29, 0.717) is 28.4 Å². The van der Waals surface area contributed by atoms with Crippen molar-refractivity contribution in [2.24, 2.45) is 13.0 Å². The summed E-state index contributed by atoms with van der Waals surface area (Å²) in [5.41, 5.74) is 2.72. The highest BCUT2D eigenvalue weighted by Crippen LogP contribution is 2.37. The fourth-order valence-corrected chi connectivity index (χ4v) is 8.26. The van der Waals surface area contributed by atoms with Gasteiger partial charge in [-0.05, 0) is 67.9 Å². The van der Waals surface area contributed by atoms with E-state index in [0.717, 1.165) is 79.5 Å². The lowest BCUT2D eigenvalue weighted by Gasteiger charge is -2.31. The molecule has 3 aromatic heterocycles. The lowest BCUT2D eigenvalue weighted by molar-refractivity contribution is -0.141. The molecule has 16 heteroatoms. The Labute approximate surface area is 312 Å². The highest BCUT2D eigenvalue weighted by Gasteiger charge is 2.34. The Morgan fingerprint density at radius 2 is 1.82 bits per heavy atom. The number of anilines is 1. The summed E-state index contributed by atoms with van der Waals surface area (Å²) in [5, 5.41) is 10.6. The number of halogens is 3. The number of alkyl halides is 3. The fraction of sp³-hybridized carbons (Fsp3) is 0.385. The van der Waals surface area contributed by atoms with Crippen LogP contribution >= 0.6 is 0 Å². The summed E-state index contributed by atoms with van der Waals surface area (Å²) >= 11 is 0. The third-order valence-electron chi connectivity index (χ3n) is 11.0. The summed E-state index contributed by atoms with van der Waals surface area (Å²) in [6.45, 7) is 2.47. The number of imidazole rings is 1. The number of aromatic nitrogens is 5. The Morgan fingerprint density at radius 1 is 1.04 bits per heavy atom. The first-order valence-electron chi connectivity index (χ1n) is 18.3. The average Bonchev–Trinajstić information content (AvgIpc) is 3.87. The summed E-state index contributed by atoms with van der Waals surface area (Å²) in [5.74, 6) is -0.748. The quantitative estimate of drug-likeness (QED) is 0.198. The monoisotopic (exact) mass is 756 g/mol. The van der Waals surface area contributed by atoms with Crippen molar-refractivity contribution in [1.82, 2.24) is 34.1 Å². The van der Waals surface area contributed by atoms with Crippen molar-refractivity contribution in [2.45, 2.75) is 56.8 Å². The average molecular weight is 757 g/mol. The normalized spacial score (nSPS) is 20.9. The van der Waals surface area contributed by atoms with Crippen LogP contribution in [0.25, 0.3) is 27.5 Å². The third-order valence-corrected chi connectivity index (χ3v) is 11.0. The predicted octanol–water partition coefficient (Wildman–Crippen LogP) is 5.47. The van der Waals surface area contributed by atoms with Gasteiger partial charge in [0, 0.05) is 56.3 Å². The molecule has 2 N–H and O–H groups in total. The van der Waals surface area contributed by atoms with Crippen LogP contribution in [0.2, 0.25) is 0 Å². The molecule has 8 rings (SSSR count). The smallest absolute Gasteiger partial charge is 0.433 e. The first kappa shape index (κ1) is 36.2. The number of fused-ring (bicyclic) bond motifs is 2. The number of methoxy groups -OCH3 is 1. The number of benzene rings is 2. The van der Waals surface area contributed by atoms with E-state index in [1.54, 1.807) is 23.7 Å². The van der Waals surface area contributed by atoms with Crippen molar-refractivity contribution in [3.8, 4) is 5.75 Å². The zero-order valence-electron chi connectivity index (χ0n) is 30.2. The Balaban J connectivity index is 0.905. The molecule has 3 amide bonds. The number of ether oxygens (including phenoxy) is 1. The molecular weight excluding hydrogens is 717 g/mol. The van der Waals surface area contributed by atoms with Crippen LogP contribution in [0, 0.1) is 5.92 Å². The number of carbonyl (C=O) groups is 3. The van der Waals surface area contributed by atoms with Gasteiger partial charge in [0.1, 0.15) is 23.2 Å². The second-order valence-electron chi connectivity index (χ2n) is 14.5. The molecule has 1 unspecified atom stereocenters. The highest BCUT2D eigenvalue weighted by molar-refractivity contribution is 6.05. The molecule has 1 aliphatic carbocycles. The summed E-state index contributed by atoms with van der Waals surface area (Å²) in [4.78, 5) is 56.7. The molecule has 5 heterocycles. The van der Waals surface area contributed by atoms with E-state index in [1.165, 1.54) is 17.7 Å². The van der Waals surface area contributed by atoms with Gasteiger partial charge in [-0.2, -0.15) is 18.3 Å². The van der Waals surface area contributed by atoms with Gasteiger partial charge < -0.3 is 10.1 Å². The molecule has 2 aromatic carbocycles. The molecule has 0 bridgehead atoms. The minimum absolute atomic E-state index is 0.182. The zero-order chi connectivity index (χ0) is 38.6. The van der Waals surface area contributed by atoms with Gasteiger partial charge in [-0.15, -0.1) is 0 Å². The van der Waals surface area contributed by atoms with Crippen LogP contribution in [0.15, 0.2) is 65.6 Å². The molecule has 3 aliphatic rings. The number of hydrogen-bond acceptors (Lipinski definition) is 8. The molecule has 0 radical (unpaired) electrons. The molecule has 1 saturated carbocycles. The molecule has 0 spiro atoms. The second-order valence-corrected chi connectivity index (χ2v) is 14.5. The van der Waals surface area contributed by atoms with Crippen molar-refractivity contribution in [3.05, 3.63) is 88.2 Å². The number of nitrogens with zero attached hydrogens (tertiary/aromatic N) is 6. The molecule has 5 aromatic rings. The van der Waals surface area contributed by atoms with Gasteiger partial charge in [0.15, 0.2) is 0 Å². The van der Waals surface area contributed by atoms with Crippen molar-refractivity contribution >= 4 is 50.9 Å². The van der Waals surface area contributed by atoms with Gasteiger partial charge in [-0.25, -0.2) is 9.78 Å². The number of hydrogen-bond donors (Lipinski definition) is 2. The minimum Gasteiger partial charge on any atom is -0.494 e. The van der Waals surface area contributed by atoms with Crippen molar-refractivity contribution in [2.75, 3.05) is 32.1 Å². The van der Waals surface area contributed by atoms with Crippen LogP contribution in [-0.2, 0) is 22.8 Å². The van der Waals surface area contributed by atoms with Gasteiger partial charge in [0.2, 0.25) is 11.8 Å². The zero-order valence-corrected chi connectivity index (χ0v) is 30.2. The van der Waals surface area contributed by atoms with E-state index in [1.807, 2.05) is 29.1 Å². The Hall–Kier alpha value is -5.77. The van der Waals surface area contributed by atoms with E-state index in [4.69, 9.17) is 9.84 Å². The maximum Gasteiger partial charge on any atom is 0.433 e. The molecule has 1 atom stereocenters. The van der Waals surface area contributed by atoms with E-state index >= 15 is 0 Å². The molecule has 1 saturated heterocycles. The number of piperidine rings is 1. The van der Waals surface area contributed by atoms with Gasteiger partial charge in [0.05, 0.1) is 35.4 Å². The number of para-hydroxylation sites is 1. The third kappa shape index (κ3) is 6.90. The number of aryl methyl sites for hydroxylation is 1. The van der Waals surface area contributed by atoms with Gasteiger partial charge in [0.25, 0.3) is 5.91 Å². The van der Waals surface area contributed by atoms with Crippen LogP contribution in [0.3, 0.4) is 0 Å². The lowest BCUT2D eigenvalue weighted by atomic mass is 9.85. The van der Waals surface area contributed by atoms with Crippen molar-refractivity contribution in [3.63, 3.8) is 0 Å². The van der Waals surface area contributed by atoms with Crippen LogP contribution in [0.1, 0.15) is 72.4 Å². The summed E-state index contributed by atoms with van der Waals surface area (Å²) in [7, 11) is 3.17. The molecule has 2 aliphatic heterocycles. The first-order valence-corrected chi connectivity index (χ1v) is 18.3. The van der Waals surface area contributed by atoms with Crippen LogP contribution in [-0.4, -0.2) is 73.3 Å². The molecule has 13 nitrogen and oxygen atoms in total. The SMILES string of the molecule is COc1cc2nn(C3CCC(CN4CC=C(c5cccc6c5n(C)c(=O)n6C5CCC(=O)NC5=O)C4)CC3)cc2cc1NC(=O)c1cccc(C(F)(F)F)n1. The van der Waals surface area contributed by atoms with E-state index in [-0.39, 0.29) is 36.2 Å². The number of rotatable bonds is 8. The summed E-state index contributed by atoms with van der Waals surface area (Å²) in [6.07, 6.45) is 3.83. The topological polar surface area (TPSA) is 145 Å². The Bertz CT molecular complexity index is 2440. The van der Waals surface area contributed by atoms with Crippen LogP contribution < -0.4 is 21.1 Å². The number of nitrogens with one attached hydrogen (secondary N) is 2. The van der Waals surface area contributed by atoms with Gasteiger partial charge in [-0.3, -0.25) is 38.4 Å². The molecule has 2 fully saturated rings. The first-order chi connectivity index (χ1) is 26.4. The van der Waals surface area contributed by atoms with Crippen LogP contribution in [0.4, 0.5) is 18.9 Å². The molecular formula is C39H39F3N8O5. The lowest BCUT2D eigenvalue weighted by Crippen LogP contribution is -2.44. The second kappa shape index (κ2) is 14.1. The fourth-order valence-electron chi connectivity index (χ4n) is 8.26. The molecule has 55 heavy (non-hydrogen) atoms. The number of imide groups is 1. The minimum atomic E-state index is -4.67. The van der Waals surface area contributed by atoms with Crippen molar-refractivity contribution in [1.29, 1.82) is 0 Å². The number of amides is 3. The summed E-state index contributed by atoms with van der Waals surface area (Å²) in [6, 6.07) is 11.8. The maximum absolute atomic E-state index is 13.4. The number of carbonyl (C=O) groups excluding carboxylic acids is 3. The summed E-state index contributed by atoms with van der Waals surface area (Å²) < 4.78 is 50.1. The highest BCUT2D eigenvalue weighted by atomic mass is 19.4. The maximum atomic E-state index is 13.4.